The number of hydrogen-bond acceptors (Lipinski definition) is 5. The highest BCUT2D eigenvalue weighted by Crippen LogP contribution is 2.24. The van der Waals surface area contributed by atoms with Crippen LogP contribution >= 0.6 is 27.3 Å². The molecule has 1 aromatic heterocycles. The molecule has 0 bridgehead atoms. The number of piperazine rings is 1. The van der Waals surface area contributed by atoms with E-state index >= 15 is 0 Å². The predicted octanol–water partition coefficient (Wildman–Crippen LogP) is 2.96. The maximum absolute atomic E-state index is 11.9. The van der Waals surface area contributed by atoms with Crippen molar-refractivity contribution in [2.45, 2.75) is 26.4 Å². The molecule has 2 rings (SSSR count). The number of rotatable bonds is 1. The first-order valence-corrected chi connectivity index (χ1v) is 7.86. The van der Waals surface area contributed by atoms with E-state index in [0.717, 1.165) is 22.8 Å². The van der Waals surface area contributed by atoms with Crippen molar-refractivity contribution >= 4 is 38.5 Å². The second-order valence-electron chi connectivity index (χ2n) is 5.41. The number of anilines is 1. The van der Waals surface area contributed by atoms with E-state index in [4.69, 9.17) is 4.74 Å². The van der Waals surface area contributed by atoms with Crippen LogP contribution in [0.5, 0.6) is 0 Å². The molecule has 1 aliphatic heterocycles. The van der Waals surface area contributed by atoms with Gasteiger partial charge in [-0.25, -0.2) is 9.78 Å². The predicted molar refractivity (Wildman–Crippen MR) is 79.8 cm³/mol. The van der Waals surface area contributed by atoms with Gasteiger partial charge in [-0.05, 0) is 36.7 Å². The maximum Gasteiger partial charge on any atom is 0.410 e. The van der Waals surface area contributed by atoms with Gasteiger partial charge >= 0.3 is 6.09 Å². The molecule has 106 valence electrons. The van der Waals surface area contributed by atoms with Crippen molar-refractivity contribution < 1.29 is 9.53 Å². The van der Waals surface area contributed by atoms with Gasteiger partial charge in [-0.2, -0.15) is 0 Å². The van der Waals surface area contributed by atoms with Crippen LogP contribution in [-0.2, 0) is 4.74 Å². The van der Waals surface area contributed by atoms with Crippen molar-refractivity contribution in [2.75, 3.05) is 31.1 Å². The summed E-state index contributed by atoms with van der Waals surface area (Å²) in [7, 11) is 0. The highest BCUT2D eigenvalue weighted by molar-refractivity contribution is 9.10. The molecule has 1 aliphatic rings. The summed E-state index contributed by atoms with van der Waals surface area (Å²) in [5.41, 5.74) is -0.436. The molecule has 0 radical (unpaired) electrons. The molecule has 1 saturated heterocycles. The third-order valence-corrected chi connectivity index (χ3v) is 4.28. The van der Waals surface area contributed by atoms with Crippen molar-refractivity contribution in [2.24, 2.45) is 0 Å². The van der Waals surface area contributed by atoms with Gasteiger partial charge in [-0.1, -0.05) is 0 Å². The smallest absolute Gasteiger partial charge is 0.410 e. The standard InChI is InChI=1S/C12H18BrN3O2S/c1-12(2,3)18-11(17)16-6-4-15(5-7-16)10-14-9(13)8-19-10/h8H,4-7H2,1-3H3. The lowest BCUT2D eigenvalue weighted by molar-refractivity contribution is 0.0240. The lowest BCUT2D eigenvalue weighted by Gasteiger charge is -2.35. The number of hydrogen-bond donors (Lipinski definition) is 0. The Kier molecular flexibility index (Phi) is 4.35. The van der Waals surface area contributed by atoms with E-state index in [1.165, 1.54) is 0 Å². The molecule has 1 amide bonds. The lowest BCUT2D eigenvalue weighted by atomic mass is 10.2. The summed E-state index contributed by atoms with van der Waals surface area (Å²) in [5.74, 6) is 0. The lowest BCUT2D eigenvalue weighted by Crippen LogP contribution is -2.50. The number of carbonyl (C=O) groups is 1. The van der Waals surface area contributed by atoms with Gasteiger partial charge in [0.15, 0.2) is 5.13 Å². The fourth-order valence-corrected chi connectivity index (χ4v) is 3.10. The number of nitrogens with zero attached hydrogens (tertiary/aromatic N) is 3. The summed E-state index contributed by atoms with van der Waals surface area (Å²) in [5, 5.41) is 2.96. The molecule has 0 aromatic carbocycles. The quantitative estimate of drug-likeness (QED) is 0.783. The number of thiazole rings is 1. The van der Waals surface area contributed by atoms with E-state index < -0.39 is 5.60 Å². The van der Waals surface area contributed by atoms with Crippen LogP contribution in [0.4, 0.5) is 9.93 Å². The van der Waals surface area contributed by atoms with Crippen LogP contribution in [-0.4, -0.2) is 47.8 Å². The second kappa shape index (κ2) is 5.66. The Morgan fingerprint density at radius 1 is 1.37 bits per heavy atom. The molecule has 0 N–H and O–H groups in total. The van der Waals surface area contributed by atoms with Crippen LogP contribution in [0.3, 0.4) is 0 Å². The summed E-state index contributed by atoms with van der Waals surface area (Å²) in [6, 6.07) is 0. The summed E-state index contributed by atoms with van der Waals surface area (Å²) >= 11 is 4.96. The molecular weight excluding hydrogens is 330 g/mol. The highest BCUT2D eigenvalue weighted by Gasteiger charge is 2.26. The minimum atomic E-state index is -0.436. The van der Waals surface area contributed by atoms with Gasteiger partial charge in [-0.15, -0.1) is 11.3 Å². The Hall–Kier alpha value is -0.820. The van der Waals surface area contributed by atoms with Crippen molar-refractivity contribution in [3.8, 4) is 0 Å². The zero-order valence-electron chi connectivity index (χ0n) is 11.4. The molecule has 5 nitrogen and oxygen atoms in total. The van der Waals surface area contributed by atoms with Gasteiger partial charge in [0.1, 0.15) is 10.2 Å². The van der Waals surface area contributed by atoms with Crippen molar-refractivity contribution in [3.63, 3.8) is 0 Å². The summed E-state index contributed by atoms with van der Waals surface area (Å²) < 4.78 is 6.23. The third-order valence-electron chi connectivity index (χ3n) is 2.67. The van der Waals surface area contributed by atoms with Crippen molar-refractivity contribution in [3.05, 3.63) is 9.98 Å². The van der Waals surface area contributed by atoms with Gasteiger partial charge < -0.3 is 14.5 Å². The first-order chi connectivity index (χ1) is 8.85. The van der Waals surface area contributed by atoms with Crippen LogP contribution in [0.15, 0.2) is 9.98 Å². The minimum Gasteiger partial charge on any atom is -0.444 e. The summed E-state index contributed by atoms with van der Waals surface area (Å²) in [6.45, 7) is 8.58. The van der Waals surface area contributed by atoms with E-state index in [1.54, 1.807) is 16.2 Å². The van der Waals surface area contributed by atoms with Crippen LogP contribution in [0.1, 0.15) is 20.8 Å². The maximum atomic E-state index is 11.9. The molecule has 1 aromatic rings. The second-order valence-corrected chi connectivity index (χ2v) is 7.06. The summed E-state index contributed by atoms with van der Waals surface area (Å²) in [6.07, 6.45) is -0.229. The first kappa shape index (κ1) is 14.6. The summed E-state index contributed by atoms with van der Waals surface area (Å²) in [4.78, 5) is 20.3. The van der Waals surface area contributed by atoms with Gasteiger partial charge in [0, 0.05) is 31.6 Å². The fourth-order valence-electron chi connectivity index (χ4n) is 1.80. The van der Waals surface area contributed by atoms with E-state index in [9.17, 15) is 4.79 Å². The van der Waals surface area contributed by atoms with Gasteiger partial charge in [0.2, 0.25) is 0 Å². The topological polar surface area (TPSA) is 45.7 Å². The average Bonchev–Trinajstić information content (AvgIpc) is 2.74. The molecule has 7 heteroatoms. The molecular formula is C12H18BrN3O2S. The van der Waals surface area contributed by atoms with Gasteiger partial charge in [0.05, 0.1) is 0 Å². The van der Waals surface area contributed by atoms with Crippen LogP contribution < -0.4 is 4.90 Å². The van der Waals surface area contributed by atoms with Crippen molar-refractivity contribution in [1.29, 1.82) is 0 Å². The largest absolute Gasteiger partial charge is 0.444 e. The SMILES string of the molecule is CC(C)(C)OC(=O)N1CCN(c2nc(Br)cs2)CC1. The zero-order valence-corrected chi connectivity index (χ0v) is 13.8. The van der Waals surface area contributed by atoms with Crippen molar-refractivity contribution in [1.82, 2.24) is 9.88 Å². The van der Waals surface area contributed by atoms with Crippen LogP contribution in [0.2, 0.25) is 0 Å². The normalized spacial score (nSPS) is 16.6. The van der Waals surface area contributed by atoms with E-state index in [2.05, 4.69) is 25.8 Å². The number of amides is 1. The Morgan fingerprint density at radius 2 is 2.00 bits per heavy atom. The van der Waals surface area contributed by atoms with E-state index in [0.29, 0.717) is 13.1 Å². The number of carbonyl (C=O) groups excluding carboxylic acids is 1. The Balaban J connectivity index is 1.87. The monoisotopic (exact) mass is 347 g/mol. The number of ether oxygens (including phenoxy) is 1. The fraction of sp³-hybridized carbons (Fsp3) is 0.667. The molecule has 1 fully saturated rings. The number of halogens is 1. The van der Waals surface area contributed by atoms with Gasteiger partial charge in [0.25, 0.3) is 0 Å². The molecule has 0 unspecified atom stereocenters. The molecule has 19 heavy (non-hydrogen) atoms. The van der Waals surface area contributed by atoms with Crippen LogP contribution in [0.25, 0.3) is 0 Å². The Bertz CT molecular complexity index is 450. The van der Waals surface area contributed by atoms with Gasteiger partial charge in [-0.3, -0.25) is 0 Å². The number of aromatic nitrogens is 1. The molecule has 2 heterocycles. The zero-order chi connectivity index (χ0) is 14.0. The third kappa shape index (κ3) is 4.07. The highest BCUT2D eigenvalue weighted by atomic mass is 79.9. The first-order valence-electron chi connectivity index (χ1n) is 6.19. The Morgan fingerprint density at radius 3 is 2.47 bits per heavy atom. The molecule has 0 saturated carbocycles. The average molecular weight is 348 g/mol. The minimum absolute atomic E-state index is 0.229. The molecule has 0 spiro atoms. The van der Waals surface area contributed by atoms with E-state index in [-0.39, 0.29) is 6.09 Å². The Labute approximate surface area is 125 Å². The van der Waals surface area contributed by atoms with Crippen LogP contribution in [0, 0.1) is 0 Å². The molecule has 0 atom stereocenters. The van der Waals surface area contributed by atoms with E-state index in [1.807, 2.05) is 26.2 Å². The molecule has 0 aliphatic carbocycles.